The van der Waals surface area contributed by atoms with Crippen molar-refractivity contribution in [2.45, 2.75) is 31.9 Å². The number of carbonyl (C=O) groups is 1. The van der Waals surface area contributed by atoms with Gasteiger partial charge in [0, 0.05) is 11.3 Å². The number of fused-ring (bicyclic) bond motifs is 1. The number of nitrogens with one attached hydrogen (secondary N) is 1. The molecule has 1 amide bonds. The molecule has 8 heteroatoms. The molecule has 1 N–H and O–H groups in total. The Balaban J connectivity index is 2.21. The normalized spacial score (nSPS) is 14.4. The quantitative estimate of drug-likeness (QED) is 0.693. The minimum atomic E-state index is -4.55. The third-order valence-corrected chi connectivity index (χ3v) is 3.85. The standard InChI is InChI=1S/C15H13F4N3O/c16-9-5-6-13(11(7-9)20-8-23)22-12-4-2-1-3-10(12)14(21-22)15(17,18)19/h5-8H,1-4H2,(H,20,23). The largest absolute Gasteiger partial charge is 0.435 e. The van der Waals surface area contributed by atoms with Gasteiger partial charge in [-0.1, -0.05) is 0 Å². The molecule has 0 unspecified atom stereocenters. The fourth-order valence-electron chi connectivity index (χ4n) is 2.90. The second-order valence-electron chi connectivity index (χ2n) is 5.31. The Bertz CT molecular complexity index is 752. The molecule has 23 heavy (non-hydrogen) atoms. The lowest BCUT2D eigenvalue weighted by Crippen LogP contribution is -2.11. The van der Waals surface area contributed by atoms with Gasteiger partial charge in [-0.2, -0.15) is 18.3 Å². The first kappa shape index (κ1) is 15.5. The maximum atomic E-state index is 13.4. The van der Waals surface area contributed by atoms with Crippen LogP contribution in [0.15, 0.2) is 18.2 Å². The summed E-state index contributed by atoms with van der Waals surface area (Å²) in [7, 11) is 0. The Hall–Kier alpha value is -2.38. The monoisotopic (exact) mass is 327 g/mol. The van der Waals surface area contributed by atoms with Crippen molar-refractivity contribution in [3.8, 4) is 5.69 Å². The average molecular weight is 327 g/mol. The van der Waals surface area contributed by atoms with Crippen LogP contribution in [0, 0.1) is 5.82 Å². The number of benzene rings is 1. The second kappa shape index (κ2) is 5.68. The Kier molecular flexibility index (Phi) is 3.83. The summed E-state index contributed by atoms with van der Waals surface area (Å²) >= 11 is 0. The molecule has 0 saturated heterocycles. The third kappa shape index (κ3) is 2.80. The van der Waals surface area contributed by atoms with Crippen LogP contribution in [0.4, 0.5) is 23.2 Å². The van der Waals surface area contributed by atoms with Gasteiger partial charge < -0.3 is 5.32 Å². The summed E-state index contributed by atoms with van der Waals surface area (Å²) in [5.41, 5.74) is 0.0274. The third-order valence-electron chi connectivity index (χ3n) is 3.85. The van der Waals surface area contributed by atoms with Crippen LogP contribution in [0.25, 0.3) is 5.69 Å². The number of amides is 1. The van der Waals surface area contributed by atoms with Crippen molar-refractivity contribution in [3.05, 3.63) is 41.0 Å². The van der Waals surface area contributed by atoms with E-state index in [4.69, 9.17) is 0 Å². The predicted octanol–water partition coefficient (Wildman–Crippen LogP) is 3.48. The summed E-state index contributed by atoms with van der Waals surface area (Å²) in [4.78, 5) is 10.7. The number of aromatic nitrogens is 2. The van der Waals surface area contributed by atoms with Crippen molar-refractivity contribution >= 4 is 12.1 Å². The SMILES string of the molecule is O=CNc1cc(F)ccc1-n1nc(C(F)(F)F)c2c1CCCC2. The molecule has 0 bridgehead atoms. The van der Waals surface area contributed by atoms with Gasteiger partial charge in [0.25, 0.3) is 0 Å². The molecule has 1 aromatic heterocycles. The van der Waals surface area contributed by atoms with Crippen molar-refractivity contribution in [2.24, 2.45) is 0 Å². The first-order chi connectivity index (χ1) is 10.9. The van der Waals surface area contributed by atoms with Crippen molar-refractivity contribution in [1.82, 2.24) is 9.78 Å². The molecule has 0 aliphatic heterocycles. The molecule has 1 heterocycles. The summed E-state index contributed by atoms with van der Waals surface area (Å²) < 4.78 is 54.2. The number of hydrogen-bond donors (Lipinski definition) is 1. The van der Waals surface area contributed by atoms with Gasteiger partial charge in [-0.25, -0.2) is 9.07 Å². The van der Waals surface area contributed by atoms with Gasteiger partial charge in [0.05, 0.1) is 11.4 Å². The van der Waals surface area contributed by atoms with Crippen molar-refractivity contribution in [3.63, 3.8) is 0 Å². The number of anilines is 1. The van der Waals surface area contributed by atoms with Crippen molar-refractivity contribution in [2.75, 3.05) is 5.32 Å². The highest BCUT2D eigenvalue weighted by Gasteiger charge is 2.39. The lowest BCUT2D eigenvalue weighted by Gasteiger charge is -2.16. The predicted molar refractivity (Wildman–Crippen MR) is 74.9 cm³/mol. The Morgan fingerprint density at radius 2 is 1.96 bits per heavy atom. The molecule has 0 spiro atoms. The van der Waals surface area contributed by atoms with Gasteiger partial charge in [-0.05, 0) is 43.9 Å². The molecule has 0 atom stereocenters. The molecule has 1 aliphatic rings. The molecule has 4 nitrogen and oxygen atoms in total. The molecule has 0 radical (unpaired) electrons. The van der Waals surface area contributed by atoms with E-state index in [-0.39, 0.29) is 16.9 Å². The van der Waals surface area contributed by atoms with E-state index in [9.17, 15) is 22.4 Å². The summed E-state index contributed by atoms with van der Waals surface area (Å²) in [6, 6.07) is 3.48. The number of alkyl halides is 3. The molecule has 1 aliphatic carbocycles. The zero-order valence-electron chi connectivity index (χ0n) is 12.0. The second-order valence-corrected chi connectivity index (χ2v) is 5.31. The van der Waals surface area contributed by atoms with Gasteiger partial charge in [-0.15, -0.1) is 0 Å². The van der Waals surface area contributed by atoms with E-state index in [0.29, 0.717) is 31.4 Å². The molecule has 2 aromatic rings. The molecule has 1 aromatic carbocycles. The highest BCUT2D eigenvalue weighted by atomic mass is 19.4. The van der Waals surface area contributed by atoms with Crippen LogP contribution in [-0.2, 0) is 23.8 Å². The minimum absolute atomic E-state index is 0.0737. The number of halogens is 4. The smallest absolute Gasteiger partial charge is 0.327 e. The Labute approximate surface area is 129 Å². The molecular weight excluding hydrogens is 314 g/mol. The van der Waals surface area contributed by atoms with Crippen molar-refractivity contribution < 1.29 is 22.4 Å². The topological polar surface area (TPSA) is 46.9 Å². The van der Waals surface area contributed by atoms with E-state index in [1.807, 2.05) is 0 Å². The van der Waals surface area contributed by atoms with Crippen LogP contribution >= 0.6 is 0 Å². The average Bonchev–Trinajstić information content (AvgIpc) is 2.88. The maximum Gasteiger partial charge on any atom is 0.435 e. The van der Waals surface area contributed by atoms with E-state index in [2.05, 4.69) is 10.4 Å². The fraction of sp³-hybridized carbons (Fsp3) is 0.333. The van der Waals surface area contributed by atoms with Crippen LogP contribution in [-0.4, -0.2) is 16.2 Å². The van der Waals surface area contributed by atoms with E-state index < -0.39 is 17.7 Å². The number of nitrogens with zero attached hydrogens (tertiary/aromatic N) is 2. The van der Waals surface area contributed by atoms with E-state index in [1.54, 1.807) is 0 Å². The van der Waals surface area contributed by atoms with E-state index in [1.165, 1.54) is 10.7 Å². The lowest BCUT2D eigenvalue weighted by atomic mass is 9.95. The molecule has 3 rings (SSSR count). The zero-order chi connectivity index (χ0) is 16.6. The van der Waals surface area contributed by atoms with Gasteiger partial charge >= 0.3 is 6.18 Å². The van der Waals surface area contributed by atoms with Crippen LogP contribution in [0.1, 0.15) is 29.8 Å². The van der Waals surface area contributed by atoms with E-state index >= 15 is 0 Å². The van der Waals surface area contributed by atoms with Gasteiger partial charge in [-0.3, -0.25) is 4.79 Å². The molecule has 0 fully saturated rings. The Morgan fingerprint density at radius 1 is 1.22 bits per heavy atom. The minimum Gasteiger partial charge on any atom is -0.327 e. The lowest BCUT2D eigenvalue weighted by molar-refractivity contribution is -0.142. The van der Waals surface area contributed by atoms with Crippen molar-refractivity contribution in [1.29, 1.82) is 0 Å². The summed E-state index contributed by atoms with van der Waals surface area (Å²) in [5, 5.41) is 6.03. The molecule has 122 valence electrons. The first-order valence-corrected chi connectivity index (χ1v) is 7.10. The van der Waals surface area contributed by atoms with Gasteiger partial charge in [0.1, 0.15) is 5.82 Å². The number of hydrogen-bond acceptors (Lipinski definition) is 2. The summed E-state index contributed by atoms with van der Waals surface area (Å²) in [6.07, 6.45) is -2.01. The van der Waals surface area contributed by atoms with Crippen LogP contribution in [0.2, 0.25) is 0 Å². The first-order valence-electron chi connectivity index (χ1n) is 7.10. The van der Waals surface area contributed by atoms with E-state index in [0.717, 1.165) is 18.6 Å². The summed E-state index contributed by atoms with van der Waals surface area (Å²) in [5.74, 6) is -0.602. The number of carbonyl (C=O) groups excluding carboxylic acids is 1. The summed E-state index contributed by atoms with van der Waals surface area (Å²) in [6.45, 7) is 0. The zero-order valence-corrected chi connectivity index (χ0v) is 12.0. The van der Waals surface area contributed by atoms with Gasteiger partial charge in [0.2, 0.25) is 6.41 Å². The highest BCUT2D eigenvalue weighted by molar-refractivity contribution is 5.77. The molecule has 0 saturated carbocycles. The maximum absolute atomic E-state index is 13.4. The van der Waals surface area contributed by atoms with Crippen LogP contribution in [0.5, 0.6) is 0 Å². The highest BCUT2D eigenvalue weighted by Crippen LogP contribution is 2.37. The Morgan fingerprint density at radius 3 is 2.65 bits per heavy atom. The molecular formula is C15H13F4N3O. The van der Waals surface area contributed by atoms with Crippen LogP contribution < -0.4 is 5.32 Å². The number of rotatable bonds is 3. The van der Waals surface area contributed by atoms with Gasteiger partial charge in [0.15, 0.2) is 5.69 Å². The van der Waals surface area contributed by atoms with Crippen LogP contribution in [0.3, 0.4) is 0 Å². The fourth-order valence-corrected chi connectivity index (χ4v) is 2.90.